The van der Waals surface area contributed by atoms with Crippen LogP contribution in [-0.2, 0) is 9.53 Å². The second kappa shape index (κ2) is 3.43. The minimum Gasteiger partial charge on any atom is -0.465 e. The second-order valence-electron chi connectivity index (χ2n) is 2.90. The van der Waals surface area contributed by atoms with Crippen LogP contribution in [0.15, 0.2) is 27.9 Å². The van der Waals surface area contributed by atoms with E-state index in [0.717, 1.165) is 0 Å². The molecule has 6 heteroatoms. The first-order valence-corrected chi connectivity index (χ1v) is 4.09. The molecule has 2 atom stereocenters. The van der Waals surface area contributed by atoms with Crippen molar-refractivity contribution in [2.24, 2.45) is 5.11 Å². The van der Waals surface area contributed by atoms with E-state index < -0.39 is 18.1 Å². The molecule has 0 radical (unpaired) electrons. The molecule has 6 nitrogen and oxygen atoms in total. The van der Waals surface area contributed by atoms with Crippen molar-refractivity contribution in [2.45, 2.75) is 18.6 Å². The van der Waals surface area contributed by atoms with Crippen molar-refractivity contribution in [1.82, 2.24) is 0 Å². The molecule has 2 unspecified atom stereocenters. The molecule has 14 heavy (non-hydrogen) atoms. The number of hydrogen-bond acceptors (Lipinski definition) is 4. The number of azide groups is 1. The molecule has 72 valence electrons. The number of furan rings is 1. The Morgan fingerprint density at radius 1 is 1.64 bits per heavy atom. The van der Waals surface area contributed by atoms with Crippen molar-refractivity contribution in [2.75, 3.05) is 0 Å². The van der Waals surface area contributed by atoms with Crippen LogP contribution in [0.2, 0.25) is 0 Å². The molecule has 1 fully saturated rings. The number of carbonyl (C=O) groups is 1. The first kappa shape index (κ1) is 8.65. The summed E-state index contributed by atoms with van der Waals surface area (Å²) in [7, 11) is 0. The predicted molar refractivity (Wildman–Crippen MR) is 45.1 cm³/mol. The number of ether oxygens (including phenoxy) is 1. The molecular formula is C8H7N3O3. The SMILES string of the molecule is [N-]=[N+]=NC1CC(c2ccco2)OC1=O. The summed E-state index contributed by atoms with van der Waals surface area (Å²) in [5.74, 6) is 0.0817. The van der Waals surface area contributed by atoms with E-state index in [9.17, 15) is 4.79 Å². The molecule has 0 bridgehead atoms. The fourth-order valence-electron chi connectivity index (χ4n) is 1.37. The largest absolute Gasteiger partial charge is 0.465 e. The van der Waals surface area contributed by atoms with Crippen LogP contribution in [0.3, 0.4) is 0 Å². The smallest absolute Gasteiger partial charge is 0.315 e. The van der Waals surface area contributed by atoms with Gasteiger partial charge in [-0.3, -0.25) is 4.79 Å². The van der Waals surface area contributed by atoms with Gasteiger partial charge >= 0.3 is 5.97 Å². The van der Waals surface area contributed by atoms with Gasteiger partial charge in [0.05, 0.1) is 6.26 Å². The van der Waals surface area contributed by atoms with Crippen molar-refractivity contribution < 1.29 is 13.9 Å². The van der Waals surface area contributed by atoms with Gasteiger partial charge in [-0.2, -0.15) is 0 Å². The van der Waals surface area contributed by atoms with Gasteiger partial charge in [0, 0.05) is 11.3 Å². The highest BCUT2D eigenvalue weighted by Gasteiger charge is 2.35. The molecule has 2 heterocycles. The standard InChI is InChI=1S/C8H7N3O3/c9-11-10-5-4-7(14-8(5)12)6-2-1-3-13-6/h1-3,5,7H,4H2. The van der Waals surface area contributed by atoms with Gasteiger partial charge in [0.15, 0.2) is 6.10 Å². The summed E-state index contributed by atoms with van der Waals surface area (Å²) < 4.78 is 10.1. The summed E-state index contributed by atoms with van der Waals surface area (Å²) >= 11 is 0. The first-order valence-electron chi connectivity index (χ1n) is 4.09. The summed E-state index contributed by atoms with van der Waals surface area (Å²) in [5.41, 5.74) is 8.19. The number of cyclic esters (lactones) is 1. The third kappa shape index (κ3) is 1.43. The summed E-state index contributed by atoms with van der Waals surface area (Å²) in [6.07, 6.45) is 1.42. The molecule has 1 aliphatic heterocycles. The highest BCUT2D eigenvalue weighted by atomic mass is 16.6. The summed E-state index contributed by atoms with van der Waals surface area (Å²) in [5, 5.41) is 3.33. The van der Waals surface area contributed by atoms with E-state index in [1.807, 2.05) is 0 Å². The van der Waals surface area contributed by atoms with Gasteiger partial charge in [0.25, 0.3) is 0 Å². The van der Waals surface area contributed by atoms with Crippen LogP contribution in [-0.4, -0.2) is 12.0 Å². The van der Waals surface area contributed by atoms with Gasteiger partial charge in [0.1, 0.15) is 11.8 Å². The number of rotatable bonds is 2. The Bertz CT molecular complexity index is 381. The zero-order valence-corrected chi connectivity index (χ0v) is 7.16. The van der Waals surface area contributed by atoms with Crippen LogP contribution in [0.4, 0.5) is 0 Å². The van der Waals surface area contributed by atoms with Crippen LogP contribution in [0.25, 0.3) is 10.4 Å². The lowest BCUT2D eigenvalue weighted by atomic mass is 10.1. The van der Waals surface area contributed by atoms with E-state index in [4.69, 9.17) is 14.7 Å². The van der Waals surface area contributed by atoms with Crippen molar-refractivity contribution in [3.63, 3.8) is 0 Å². The van der Waals surface area contributed by atoms with Gasteiger partial charge in [-0.15, -0.1) is 0 Å². The summed E-state index contributed by atoms with van der Waals surface area (Å²) in [6.45, 7) is 0. The minimum absolute atomic E-state index is 0.344. The molecule has 1 aromatic heterocycles. The van der Waals surface area contributed by atoms with E-state index in [2.05, 4.69) is 10.0 Å². The molecule has 1 saturated heterocycles. The van der Waals surface area contributed by atoms with Gasteiger partial charge in [0.2, 0.25) is 0 Å². The van der Waals surface area contributed by atoms with Crippen LogP contribution in [0.5, 0.6) is 0 Å². The van der Waals surface area contributed by atoms with Crippen molar-refractivity contribution in [3.05, 3.63) is 34.6 Å². The summed E-state index contributed by atoms with van der Waals surface area (Å²) in [6, 6.07) is 2.70. The lowest BCUT2D eigenvalue weighted by Crippen LogP contribution is -2.09. The average Bonchev–Trinajstić information content (AvgIpc) is 2.76. The lowest BCUT2D eigenvalue weighted by molar-refractivity contribution is -0.143. The zero-order valence-electron chi connectivity index (χ0n) is 7.16. The Morgan fingerprint density at radius 3 is 3.14 bits per heavy atom. The topological polar surface area (TPSA) is 88.2 Å². The molecule has 1 aromatic rings. The van der Waals surface area contributed by atoms with E-state index in [0.29, 0.717) is 12.2 Å². The second-order valence-corrected chi connectivity index (χ2v) is 2.90. The Balaban J connectivity index is 2.14. The van der Waals surface area contributed by atoms with Crippen LogP contribution >= 0.6 is 0 Å². The molecular weight excluding hydrogens is 186 g/mol. The van der Waals surface area contributed by atoms with Crippen LogP contribution in [0.1, 0.15) is 18.3 Å². The quantitative estimate of drug-likeness (QED) is 0.311. The highest BCUT2D eigenvalue weighted by Crippen LogP contribution is 2.31. The number of hydrogen-bond donors (Lipinski definition) is 0. The Morgan fingerprint density at radius 2 is 2.50 bits per heavy atom. The number of nitrogens with zero attached hydrogens (tertiary/aromatic N) is 3. The Hall–Kier alpha value is -1.94. The maximum absolute atomic E-state index is 11.1. The fraction of sp³-hybridized carbons (Fsp3) is 0.375. The van der Waals surface area contributed by atoms with Crippen LogP contribution in [0, 0.1) is 0 Å². The van der Waals surface area contributed by atoms with E-state index in [1.165, 1.54) is 6.26 Å². The van der Waals surface area contributed by atoms with Gasteiger partial charge in [-0.25, -0.2) is 0 Å². The predicted octanol–water partition coefficient (Wildman–Crippen LogP) is 1.95. The van der Waals surface area contributed by atoms with Gasteiger partial charge < -0.3 is 9.15 Å². The Labute approximate surface area is 79.1 Å². The maximum Gasteiger partial charge on any atom is 0.315 e. The van der Waals surface area contributed by atoms with Crippen molar-refractivity contribution in [3.8, 4) is 0 Å². The highest BCUT2D eigenvalue weighted by molar-refractivity contribution is 5.78. The minimum atomic E-state index is -0.727. The third-order valence-corrected chi connectivity index (χ3v) is 2.02. The number of esters is 1. The lowest BCUT2D eigenvalue weighted by Gasteiger charge is -2.03. The monoisotopic (exact) mass is 193 g/mol. The maximum atomic E-state index is 11.1. The third-order valence-electron chi connectivity index (χ3n) is 2.02. The molecule has 0 aromatic carbocycles. The molecule has 1 aliphatic rings. The fourth-order valence-corrected chi connectivity index (χ4v) is 1.37. The first-order chi connectivity index (χ1) is 6.81. The van der Waals surface area contributed by atoms with Gasteiger partial charge in [-0.05, 0) is 17.7 Å². The Kier molecular flexibility index (Phi) is 2.12. The molecule has 0 saturated carbocycles. The van der Waals surface area contributed by atoms with Crippen molar-refractivity contribution in [1.29, 1.82) is 0 Å². The van der Waals surface area contributed by atoms with E-state index >= 15 is 0 Å². The van der Waals surface area contributed by atoms with Gasteiger partial charge in [-0.1, -0.05) is 5.11 Å². The molecule has 0 aliphatic carbocycles. The molecule has 0 spiro atoms. The van der Waals surface area contributed by atoms with Crippen molar-refractivity contribution >= 4 is 5.97 Å². The molecule has 0 N–H and O–H groups in total. The number of carbonyl (C=O) groups excluding carboxylic acids is 1. The van der Waals surface area contributed by atoms with Crippen LogP contribution < -0.4 is 0 Å². The molecule has 0 amide bonds. The zero-order chi connectivity index (χ0) is 9.97. The molecule has 2 rings (SSSR count). The summed E-state index contributed by atoms with van der Waals surface area (Å²) in [4.78, 5) is 13.7. The average molecular weight is 193 g/mol. The van der Waals surface area contributed by atoms with E-state index in [1.54, 1.807) is 12.1 Å². The van der Waals surface area contributed by atoms with E-state index in [-0.39, 0.29) is 0 Å². The normalized spacial score (nSPS) is 25.6.